The lowest BCUT2D eigenvalue weighted by Gasteiger charge is -2.34. The van der Waals surface area contributed by atoms with E-state index < -0.39 is 10.0 Å². The summed E-state index contributed by atoms with van der Waals surface area (Å²) in [5.74, 6) is 0.607. The molecule has 1 saturated heterocycles. The molecule has 162 valence electrons. The van der Waals surface area contributed by atoms with Crippen LogP contribution in [0.1, 0.15) is 18.9 Å². The summed E-state index contributed by atoms with van der Waals surface area (Å²) in [4.78, 5) is 14.5. The maximum atomic E-state index is 12.9. The first-order chi connectivity index (χ1) is 14.3. The lowest BCUT2D eigenvalue weighted by atomic mass is 10.1. The monoisotopic (exact) mass is 470 g/mol. The van der Waals surface area contributed by atoms with Gasteiger partial charge in [0.05, 0.1) is 21.5 Å². The van der Waals surface area contributed by atoms with Gasteiger partial charge in [0, 0.05) is 32.6 Å². The minimum Gasteiger partial charge on any atom is -0.494 e. The van der Waals surface area contributed by atoms with Crippen LogP contribution in [-0.4, -0.2) is 56.3 Å². The average molecular weight is 471 g/mol. The zero-order valence-electron chi connectivity index (χ0n) is 16.7. The fourth-order valence-corrected chi connectivity index (χ4v) is 5.18. The minimum absolute atomic E-state index is 0.0239. The molecule has 0 radical (unpaired) electrons. The van der Waals surface area contributed by atoms with E-state index in [4.69, 9.17) is 27.9 Å². The molecule has 2 aromatic rings. The van der Waals surface area contributed by atoms with E-state index in [9.17, 15) is 13.2 Å². The number of nitrogens with zero attached hydrogens (tertiary/aromatic N) is 2. The Morgan fingerprint density at radius 1 is 1.03 bits per heavy atom. The number of piperazine rings is 1. The number of carbonyl (C=O) groups excluding carboxylic acids is 1. The van der Waals surface area contributed by atoms with Gasteiger partial charge in [-0.1, -0.05) is 35.3 Å². The molecule has 9 heteroatoms. The maximum Gasteiger partial charge on any atom is 0.243 e. The molecule has 0 unspecified atom stereocenters. The fraction of sp³-hybridized carbons (Fsp3) is 0.381. The highest BCUT2D eigenvalue weighted by molar-refractivity contribution is 7.89. The molecule has 1 aliphatic heterocycles. The van der Waals surface area contributed by atoms with E-state index >= 15 is 0 Å². The summed E-state index contributed by atoms with van der Waals surface area (Å²) in [6.45, 7) is 3.63. The second-order valence-corrected chi connectivity index (χ2v) is 9.63. The van der Waals surface area contributed by atoms with Crippen molar-refractivity contribution >= 4 is 39.1 Å². The van der Waals surface area contributed by atoms with Gasteiger partial charge >= 0.3 is 0 Å². The third kappa shape index (κ3) is 5.27. The third-order valence-corrected chi connectivity index (χ3v) is 7.77. The molecule has 0 bridgehead atoms. The Hall–Kier alpha value is -1.80. The van der Waals surface area contributed by atoms with Crippen molar-refractivity contribution in [1.29, 1.82) is 0 Å². The topological polar surface area (TPSA) is 66.9 Å². The van der Waals surface area contributed by atoms with E-state index in [1.807, 2.05) is 13.0 Å². The van der Waals surface area contributed by atoms with Gasteiger partial charge in [-0.25, -0.2) is 8.42 Å². The summed E-state index contributed by atoms with van der Waals surface area (Å²) in [6.07, 6.45) is 0.786. The molecule has 0 saturated carbocycles. The summed E-state index contributed by atoms with van der Waals surface area (Å²) >= 11 is 12.2. The van der Waals surface area contributed by atoms with Crippen LogP contribution >= 0.6 is 23.2 Å². The normalized spacial score (nSPS) is 15.2. The number of aryl methyl sites for hydroxylation is 1. The van der Waals surface area contributed by atoms with E-state index in [1.165, 1.54) is 4.31 Å². The molecule has 0 aliphatic carbocycles. The van der Waals surface area contributed by atoms with E-state index in [2.05, 4.69) is 0 Å². The van der Waals surface area contributed by atoms with Crippen LogP contribution in [0.5, 0.6) is 5.75 Å². The van der Waals surface area contributed by atoms with Gasteiger partial charge < -0.3 is 9.64 Å². The maximum absolute atomic E-state index is 12.9. The van der Waals surface area contributed by atoms with Crippen LogP contribution in [0, 0.1) is 0 Å². The number of hydrogen-bond donors (Lipinski definition) is 0. The molecule has 0 atom stereocenters. The van der Waals surface area contributed by atoms with Crippen LogP contribution < -0.4 is 4.74 Å². The van der Waals surface area contributed by atoms with Crippen molar-refractivity contribution in [1.82, 2.24) is 9.21 Å². The first kappa shape index (κ1) is 22.9. The molecule has 0 spiro atoms. The second kappa shape index (κ2) is 10.0. The van der Waals surface area contributed by atoms with Crippen LogP contribution in [0.25, 0.3) is 0 Å². The zero-order chi connectivity index (χ0) is 21.7. The molecule has 6 nitrogen and oxygen atoms in total. The van der Waals surface area contributed by atoms with Crippen molar-refractivity contribution in [3.8, 4) is 5.75 Å². The molecule has 1 fully saturated rings. The van der Waals surface area contributed by atoms with Gasteiger partial charge in [0.25, 0.3) is 0 Å². The predicted molar refractivity (Wildman–Crippen MR) is 118 cm³/mol. The highest BCUT2D eigenvalue weighted by atomic mass is 35.5. The summed E-state index contributed by atoms with van der Waals surface area (Å²) in [5.41, 5.74) is 0.828. The quantitative estimate of drug-likeness (QED) is 0.615. The summed E-state index contributed by atoms with van der Waals surface area (Å²) in [7, 11) is -3.60. The van der Waals surface area contributed by atoms with Gasteiger partial charge in [-0.15, -0.1) is 0 Å². The van der Waals surface area contributed by atoms with Crippen molar-refractivity contribution in [2.24, 2.45) is 0 Å². The molecule has 0 N–H and O–H groups in total. The molecular formula is C21H24Cl2N2O4S. The van der Waals surface area contributed by atoms with Gasteiger partial charge in [-0.2, -0.15) is 4.31 Å². The largest absolute Gasteiger partial charge is 0.494 e. The fourth-order valence-electron chi connectivity index (χ4n) is 3.34. The Kier molecular flexibility index (Phi) is 7.63. The highest BCUT2D eigenvalue weighted by Crippen LogP contribution is 2.27. The van der Waals surface area contributed by atoms with E-state index in [0.29, 0.717) is 48.3 Å². The molecule has 0 aromatic heterocycles. The number of benzene rings is 2. The molecule has 3 rings (SSSR count). The number of carbonyl (C=O) groups is 1. The van der Waals surface area contributed by atoms with E-state index in [0.717, 1.165) is 5.56 Å². The molecular weight excluding hydrogens is 447 g/mol. The molecule has 2 aromatic carbocycles. The van der Waals surface area contributed by atoms with Crippen LogP contribution in [0.15, 0.2) is 47.4 Å². The highest BCUT2D eigenvalue weighted by Gasteiger charge is 2.30. The number of hydrogen-bond acceptors (Lipinski definition) is 4. The Bertz CT molecular complexity index is 989. The van der Waals surface area contributed by atoms with Gasteiger partial charge in [0.1, 0.15) is 5.75 Å². The van der Waals surface area contributed by atoms with Crippen LogP contribution in [0.4, 0.5) is 0 Å². The average Bonchev–Trinajstić information content (AvgIpc) is 2.75. The van der Waals surface area contributed by atoms with Gasteiger partial charge in [-0.05, 0) is 49.2 Å². The van der Waals surface area contributed by atoms with Crippen molar-refractivity contribution in [2.75, 3.05) is 32.8 Å². The van der Waals surface area contributed by atoms with Crippen LogP contribution in [0.2, 0.25) is 10.0 Å². The third-order valence-electron chi connectivity index (χ3n) is 5.00. The number of halogens is 2. The molecule has 1 heterocycles. The second-order valence-electron chi connectivity index (χ2n) is 6.90. The van der Waals surface area contributed by atoms with E-state index in [1.54, 1.807) is 41.3 Å². The van der Waals surface area contributed by atoms with Gasteiger partial charge in [0.15, 0.2) is 0 Å². The van der Waals surface area contributed by atoms with Crippen molar-refractivity contribution < 1.29 is 17.9 Å². The lowest BCUT2D eigenvalue weighted by Crippen LogP contribution is -2.50. The molecule has 1 aliphatic rings. The first-order valence-corrected chi connectivity index (χ1v) is 12.0. The van der Waals surface area contributed by atoms with Crippen molar-refractivity contribution in [3.63, 3.8) is 0 Å². The predicted octanol–water partition coefficient (Wildman–Crippen LogP) is 3.86. The lowest BCUT2D eigenvalue weighted by molar-refractivity contribution is -0.132. The van der Waals surface area contributed by atoms with Crippen LogP contribution in [0.3, 0.4) is 0 Å². The SMILES string of the molecule is CCOc1ccc(S(=O)(=O)N2CCN(C(=O)CCc3cccc(Cl)c3Cl)CC2)cc1. The number of rotatable bonds is 7. The number of ether oxygens (including phenoxy) is 1. The summed E-state index contributed by atoms with van der Waals surface area (Å²) < 4.78 is 32.5. The van der Waals surface area contributed by atoms with Gasteiger partial charge in [-0.3, -0.25) is 4.79 Å². The smallest absolute Gasteiger partial charge is 0.243 e. The standard InChI is InChI=1S/C21H24Cl2N2O4S/c1-2-29-17-7-9-18(10-8-17)30(27,28)25-14-12-24(13-15-25)20(26)11-6-16-4-3-5-19(22)21(16)23/h3-5,7-10H,2,6,11-15H2,1H3. The number of sulfonamides is 1. The Labute approximate surface area is 187 Å². The molecule has 1 amide bonds. The van der Waals surface area contributed by atoms with Crippen molar-refractivity contribution in [3.05, 3.63) is 58.1 Å². The Morgan fingerprint density at radius 2 is 1.70 bits per heavy atom. The molecule has 30 heavy (non-hydrogen) atoms. The number of amides is 1. The first-order valence-electron chi connectivity index (χ1n) is 9.76. The Balaban J connectivity index is 1.55. The van der Waals surface area contributed by atoms with Crippen molar-refractivity contribution in [2.45, 2.75) is 24.7 Å². The zero-order valence-corrected chi connectivity index (χ0v) is 19.0. The van der Waals surface area contributed by atoms with Crippen LogP contribution in [-0.2, 0) is 21.2 Å². The summed E-state index contributed by atoms with van der Waals surface area (Å²) in [6, 6.07) is 11.8. The Morgan fingerprint density at radius 3 is 2.33 bits per heavy atom. The minimum atomic E-state index is -3.60. The van der Waals surface area contributed by atoms with E-state index in [-0.39, 0.29) is 23.9 Å². The van der Waals surface area contributed by atoms with Gasteiger partial charge in [0.2, 0.25) is 15.9 Å². The summed E-state index contributed by atoms with van der Waals surface area (Å²) in [5, 5.41) is 0.938.